The van der Waals surface area contributed by atoms with Crippen molar-refractivity contribution in [3.8, 4) is 0 Å². The maximum Gasteiger partial charge on any atom is 0.240 e. The number of thiophene rings is 1. The standard InChI is InChI=1S/C19H22N2O4S3/c1-2-11-27(22,23)20-13-15-7-9-18(10-8-15)28(24,25)21-14-17-12-16-5-3-4-6-19(16)26-17/h3-10,12,20-21H,2,11,13-14H2,1H3. The molecular formula is C19H22N2O4S3. The molecule has 150 valence electrons. The van der Waals surface area contributed by atoms with Crippen molar-refractivity contribution in [1.29, 1.82) is 0 Å². The van der Waals surface area contributed by atoms with Crippen LogP contribution in [0.25, 0.3) is 10.1 Å². The van der Waals surface area contributed by atoms with Crippen LogP contribution in [0.5, 0.6) is 0 Å². The Kier molecular flexibility index (Phi) is 6.51. The molecule has 0 bridgehead atoms. The molecule has 0 saturated carbocycles. The normalized spacial score (nSPS) is 12.5. The molecule has 0 radical (unpaired) electrons. The molecule has 9 heteroatoms. The van der Waals surface area contributed by atoms with Crippen LogP contribution in [0.1, 0.15) is 23.8 Å². The van der Waals surface area contributed by atoms with E-state index in [1.54, 1.807) is 30.4 Å². The summed E-state index contributed by atoms with van der Waals surface area (Å²) in [5, 5.41) is 1.09. The van der Waals surface area contributed by atoms with Crippen LogP contribution in [0.3, 0.4) is 0 Å². The molecule has 0 fully saturated rings. The molecule has 2 aromatic carbocycles. The minimum Gasteiger partial charge on any atom is -0.212 e. The molecule has 6 nitrogen and oxygen atoms in total. The van der Waals surface area contributed by atoms with E-state index in [0.29, 0.717) is 12.0 Å². The van der Waals surface area contributed by atoms with Crippen LogP contribution >= 0.6 is 11.3 Å². The fourth-order valence-electron chi connectivity index (χ4n) is 2.69. The van der Waals surface area contributed by atoms with Gasteiger partial charge in [0.05, 0.1) is 10.6 Å². The van der Waals surface area contributed by atoms with E-state index in [1.807, 2.05) is 30.3 Å². The van der Waals surface area contributed by atoms with Gasteiger partial charge in [0.1, 0.15) is 0 Å². The monoisotopic (exact) mass is 438 g/mol. The molecular weight excluding hydrogens is 416 g/mol. The van der Waals surface area contributed by atoms with Crippen LogP contribution in [0.15, 0.2) is 59.5 Å². The Morgan fingerprint density at radius 3 is 2.29 bits per heavy atom. The summed E-state index contributed by atoms with van der Waals surface area (Å²) in [5.41, 5.74) is 0.697. The van der Waals surface area contributed by atoms with Gasteiger partial charge in [-0.15, -0.1) is 11.3 Å². The number of sulfonamides is 2. The molecule has 0 saturated heterocycles. The molecule has 2 N–H and O–H groups in total. The van der Waals surface area contributed by atoms with Crippen molar-refractivity contribution in [1.82, 2.24) is 9.44 Å². The van der Waals surface area contributed by atoms with E-state index in [0.717, 1.165) is 15.0 Å². The highest BCUT2D eigenvalue weighted by Crippen LogP contribution is 2.25. The third kappa shape index (κ3) is 5.39. The van der Waals surface area contributed by atoms with Gasteiger partial charge in [-0.2, -0.15) is 0 Å². The molecule has 28 heavy (non-hydrogen) atoms. The third-order valence-corrected chi connectivity index (χ3v) is 8.18. The average Bonchev–Trinajstić information content (AvgIpc) is 3.08. The summed E-state index contributed by atoms with van der Waals surface area (Å²) >= 11 is 1.56. The van der Waals surface area contributed by atoms with Gasteiger partial charge in [0.25, 0.3) is 0 Å². The SMILES string of the molecule is CCCS(=O)(=O)NCc1ccc(S(=O)(=O)NCc2cc3ccccc3s2)cc1. The van der Waals surface area contributed by atoms with Crippen molar-refractivity contribution < 1.29 is 16.8 Å². The zero-order valence-electron chi connectivity index (χ0n) is 15.4. The van der Waals surface area contributed by atoms with Crippen LogP contribution < -0.4 is 9.44 Å². The van der Waals surface area contributed by atoms with Crippen molar-refractivity contribution in [3.63, 3.8) is 0 Å². The van der Waals surface area contributed by atoms with E-state index in [-0.39, 0.29) is 23.7 Å². The van der Waals surface area contributed by atoms with Crippen molar-refractivity contribution >= 4 is 41.5 Å². The second-order valence-corrected chi connectivity index (χ2v) is 11.2. The molecule has 3 aromatic rings. The van der Waals surface area contributed by atoms with Crippen molar-refractivity contribution in [2.75, 3.05) is 5.75 Å². The van der Waals surface area contributed by atoms with Crippen molar-refractivity contribution in [2.45, 2.75) is 31.3 Å². The first-order valence-electron chi connectivity index (χ1n) is 8.82. The number of nitrogens with one attached hydrogen (secondary N) is 2. The topological polar surface area (TPSA) is 92.3 Å². The highest BCUT2D eigenvalue weighted by Gasteiger charge is 2.15. The van der Waals surface area contributed by atoms with E-state index in [1.165, 1.54) is 12.1 Å². The van der Waals surface area contributed by atoms with E-state index in [2.05, 4.69) is 9.44 Å². The summed E-state index contributed by atoms with van der Waals surface area (Å²) in [6, 6.07) is 16.1. The zero-order chi connectivity index (χ0) is 20.2. The Morgan fingerprint density at radius 2 is 1.61 bits per heavy atom. The molecule has 0 amide bonds. The second-order valence-electron chi connectivity index (χ2n) is 6.36. The predicted molar refractivity (Wildman–Crippen MR) is 113 cm³/mol. The Balaban J connectivity index is 1.63. The summed E-state index contributed by atoms with van der Waals surface area (Å²) in [4.78, 5) is 1.08. The minimum absolute atomic E-state index is 0.0705. The van der Waals surface area contributed by atoms with Gasteiger partial charge in [-0.1, -0.05) is 37.3 Å². The number of hydrogen-bond acceptors (Lipinski definition) is 5. The lowest BCUT2D eigenvalue weighted by Crippen LogP contribution is -2.25. The largest absolute Gasteiger partial charge is 0.240 e. The second kappa shape index (κ2) is 8.71. The fraction of sp³-hybridized carbons (Fsp3) is 0.263. The third-order valence-electron chi connectivity index (χ3n) is 4.12. The summed E-state index contributed by atoms with van der Waals surface area (Å²) in [5.74, 6) is 0.0705. The first kappa shape index (κ1) is 20.9. The van der Waals surface area contributed by atoms with Crippen LogP contribution in [0.2, 0.25) is 0 Å². The lowest BCUT2D eigenvalue weighted by molar-refractivity contribution is 0.578. The minimum atomic E-state index is -3.65. The van der Waals surface area contributed by atoms with Gasteiger partial charge in [-0.3, -0.25) is 0 Å². The molecule has 0 aliphatic rings. The molecule has 1 heterocycles. The number of fused-ring (bicyclic) bond motifs is 1. The van der Waals surface area contributed by atoms with Gasteiger partial charge < -0.3 is 0 Å². The van der Waals surface area contributed by atoms with Crippen LogP contribution in [0, 0.1) is 0 Å². The summed E-state index contributed by atoms with van der Waals surface area (Å²) in [7, 11) is -6.94. The highest BCUT2D eigenvalue weighted by molar-refractivity contribution is 7.89. The molecule has 0 spiro atoms. The molecule has 3 rings (SSSR count). The molecule has 0 unspecified atom stereocenters. The van der Waals surface area contributed by atoms with Crippen LogP contribution in [0.4, 0.5) is 0 Å². The Labute approximate surface area is 169 Å². The molecule has 1 aromatic heterocycles. The molecule has 0 atom stereocenters. The Hall–Kier alpha value is -1.78. The maximum atomic E-state index is 12.5. The highest BCUT2D eigenvalue weighted by atomic mass is 32.2. The fourth-order valence-corrected chi connectivity index (χ4v) is 5.86. The number of benzene rings is 2. The Morgan fingerprint density at radius 1 is 0.893 bits per heavy atom. The van der Waals surface area contributed by atoms with E-state index in [4.69, 9.17) is 0 Å². The predicted octanol–water partition coefficient (Wildman–Crippen LogP) is 3.21. The Bertz CT molecular complexity index is 1120. The van der Waals surface area contributed by atoms with Gasteiger partial charge >= 0.3 is 0 Å². The first-order valence-corrected chi connectivity index (χ1v) is 12.8. The smallest absolute Gasteiger partial charge is 0.212 e. The number of hydrogen-bond donors (Lipinski definition) is 2. The van der Waals surface area contributed by atoms with Crippen LogP contribution in [-0.2, 0) is 33.1 Å². The zero-order valence-corrected chi connectivity index (χ0v) is 17.8. The van der Waals surface area contributed by atoms with Gasteiger partial charge in [0.2, 0.25) is 20.0 Å². The van der Waals surface area contributed by atoms with Crippen molar-refractivity contribution in [3.05, 3.63) is 65.0 Å². The number of rotatable bonds is 9. The lowest BCUT2D eigenvalue weighted by Gasteiger charge is -2.08. The van der Waals surface area contributed by atoms with Gasteiger partial charge in [-0.25, -0.2) is 26.3 Å². The average molecular weight is 439 g/mol. The summed E-state index contributed by atoms with van der Waals surface area (Å²) in [6.07, 6.45) is 0.540. The van der Waals surface area contributed by atoms with Gasteiger partial charge in [0, 0.05) is 22.7 Å². The first-order chi connectivity index (χ1) is 13.3. The maximum absolute atomic E-state index is 12.5. The molecule has 0 aliphatic heterocycles. The van der Waals surface area contributed by atoms with Gasteiger partial charge in [-0.05, 0) is 41.6 Å². The van der Waals surface area contributed by atoms with Gasteiger partial charge in [0.15, 0.2) is 0 Å². The lowest BCUT2D eigenvalue weighted by atomic mass is 10.2. The quantitative estimate of drug-likeness (QED) is 0.537. The van der Waals surface area contributed by atoms with E-state index < -0.39 is 20.0 Å². The van der Waals surface area contributed by atoms with E-state index in [9.17, 15) is 16.8 Å². The molecule has 0 aliphatic carbocycles. The summed E-state index contributed by atoms with van der Waals surface area (Å²) < 4.78 is 54.7. The summed E-state index contributed by atoms with van der Waals surface area (Å²) in [6.45, 7) is 2.16. The van der Waals surface area contributed by atoms with Crippen LogP contribution in [-0.4, -0.2) is 22.6 Å². The van der Waals surface area contributed by atoms with E-state index >= 15 is 0 Å². The van der Waals surface area contributed by atoms with Crippen molar-refractivity contribution in [2.24, 2.45) is 0 Å².